The van der Waals surface area contributed by atoms with E-state index in [0.29, 0.717) is 17.2 Å². The Labute approximate surface area is 156 Å². The fraction of sp³-hybridized carbons (Fsp3) is 0.316. The fourth-order valence-corrected chi connectivity index (χ4v) is 3.09. The number of amides is 1. The lowest BCUT2D eigenvalue weighted by atomic mass is 9.79. The van der Waals surface area contributed by atoms with E-state index < -0.39 is 11.8 Å². The quantitative estimate of drug-likeness (QED) is 0.752. The molecule has 1 aromatic heterocycles. The molecule has 3 rings (SSSR count). The van der Waals surface area contributed by atoms with Crippen LogP contribution >= 0.6 is 0 Å². The predicted molar refractivity (Wildman–Crippen MR) is 97.7 cm³/mol. The molecule has 0 radical (unpaired) electrons. The summed E-state index contributed by atoms with van der Waals surface area (Å²) in [7, 11) is 0. The molecule has 1 amide bonds. The number of nitrogens with one attached hydrogen (secondary N) is 1. The van der Waals surface area contributed by atoms with Gasteiger partial charge in [-0.3, -0.25) is 9.89 Å². The van der Waals surface area contributed by atoms with Gasteiger partial charge in [0.15, 0.2) is 6.61 Å². The number of H-pyrrole nitrogens is 1. The predicted octanol–water partition coefficient (Wildman–Crippen LogP) is 1.79. The number of hydrogen-bond donors (Lipinski definition) is 3. The summed E-state index contributed by atoms with van der Waals surface area (Å²) in [5, 5.41) is 17.0. The number of fused-ring (bicyclic) bond motifs is 1. The topological polar surface area (TPSA) is 140 Å². The Morgan fingerprint density at radius 1 is 1.44 bits per heavy atom. The summed E-state index contributed by atoms with van der Waals surface area (Å²) in [6.07, 6.45) is 0. The average molecular weight is 367 g/mol. The van der Waals surface area contributed by atoms with Gasteiger partial charge in [-0.25, -0.2) is 0 Å². The van der Waals surface area contributed by atoms with Crippen LogP contribution in [0, 0.1) is 11.3 Å². The Bertz CT molecular complexity index is 962. The molecule has 2 heterocycles. The first-order chi connectivity index (χ1) is 12.7. The Morgan fingerprint density at radius 3 is 2.81 bits per heavy atom. The third kappa shape index (κ3) is 3.44. The number of benzene rings is 1. The molecule has 27 heavy (non-hydrogen) atoms. The standard InChI is InChI=1S/C19H21N5O3/c1-19(2,3)16-15-14(12(8-20)17(22)27-18(15)24-23-16)10-5-4-6-11(7-10)26-9-13(21)25/h4-7,14H,9,22H2,1-3H3,(H2,21,25)(H,23,24). The van der Waals surface area contributed by atoms with E-state index in [1.807, 2.05) is 26.8 Å². The Kier molecular flexibility index (Phi) is 4.54. The highest BCUT2D eigenvalue weighted by atomic mass is 16.5. The van der Waals surface area contributed by atoms with Crippen molar-refractivity contribution in [2.24, 2.45) is 11.5 Å². The molecule has 0 aliphatic carbocycles. The van der Waals surface area contributed by atoms with E-state index in [0.717, 1.165) is 16.8 Å². The lowest BCUT2D eigenvalue weighted by Gasteiger charge is -2.27. The molecule has 2 aromatic rings. The van der Waals surface area contributed by atoms with Gasteiger partial charge in [0.2, 0.25) is 11.8 Å². The second-order valence-corrected chi connectivity index (χ2v) is 7.32. The molecule has 0 bridgehead atoms. The SMILES string of the molecule is CC(C)(C)c1[nH]nc2c1C(c1cccc(OCC(N)=O)c1)C(C#N)=C(N)O2. The first-order valence-corrected chi connectivity index (χ1v) is 8.39. The van der Waals surface area contributed by atoms with Gasteiger partial charge in [-0.1, -0.05) is 32.9 Å². The van der Waals surface area contributed by atoms with Crippen molar-refractivity contribution in [2.45, 2.75) is 32.1 Å². The Morgan fingerprint density at radius 2 is 2.19 bits per heavy atom. The number of nitrogens with zero attached hydrogens (tertiary/aromatic N) is 2. The molecule has 0 spiro atoms. The van der Waals surface area contributed by atoms with Crippen LogP contribution in [0.1, 0.15) is 43.5 Å². The molecular weight excluding hydrogens is 346 g/mol. The molecule has 1 aromatic carbocycles. The number of nitriles is 1. The zero-order valence-electron chi connectivity index (χ0n) is 15.4. The number of primary amides is 1. The second kappa shape index (κ2) is 6.68. The van der Waals surface area contributed by atoms with Crippen LogP contribution in [0.4, 0.5) is 0 Å². The summed E-state index contributed by atoms with van der Waals surface area (Å²) in [4.78, 5) is 11.0. The summed E-state index contributed by atoms with van der Waals surface area (Å²) < 4.78 is 11.0. The monoisotopic (exact) mass is 367 g/mol. The van der Waals surface area contributed by atoms with E-state index in [2.05, 4.69) is 16.3 Å². The van der Waals surface area contributed by atoms with Crippen LogP contribution in [0.15, 0.2) is 35.7 Å². The minimum atomic E-state index is -0.569. The van der Waals surface area contributed by atoms with Gasteiger partial charge in [-0.15, -0.1) is 5.10 Å². The van der Waals surface area contributed by atoms with Crippen LogP contribution in [0.2, 0.25) is 0 Å². The van der Waals surface area contributed by atoms with Gasteiger partial charge >= 0.3 is 0 Å². The molecule has 0 saturated heterocycles. The van der Waals surface area contributed by atoms with Gasteiger partial charge in [0.1, 0.15) is 17.4 Å². The minimum absolute atomic E-state index is 0.0189. The van der Waals surface area contributed by atoms with Crippen LogP contribution < -0.4 is 20.9 Å². The van der Waals surface area contributed by atoms with Gasteiger partial charge in [0, 0.05) is 11.1 Å². The van der Waals surface area contributed by atoms with E-state index in [1.165, 1.54) is 0 Å². The Hall–Kier alpha value is -3.47. The fourth-order valence-electron chi connectivity index (χ4n) is 3.09. The molecular formula is C19H21N5O3. The van der Waals surface area contributed by atoms with Crippen molar-refractivity contribution in [2.75, 3.05) is 6.61 Å². The van der Waals surface area contributed by atoms with E-state index >= 15 is 0 Å². The van der Waals surface area contributed by atoms with Crippen molar-refractivity contribution in [3.8, 4) is 17.7 Å². The summed E-state index contributed by atoms with van der Waals surface area (Å²) in [6.45, 7) is 5.89. The summed E-state index contributed by atoms with van der Waals surface area (Å²) in [5.41, 5.74) is 13.5. The summed E-state index contributed by atoms with van der Waals surface area (Å²) >= 11 is 0. The molecule has 0 saturated carbocycles. The summed E-state index contributed by atoms with van der Waals surface area (Å²) in [6, 6.07) is 9.27. The van der Waals surface area contributed by atoms with Crippen molar-refractivity contribution in [1.82, 2.24) is 10.2 Å². The number of carbonyl (C=O) groups excluding carboxylic acids is 1. The maximum absolute atomic E-state index is 11.0. The zero-order valence-corrected chi connectivity index (χ0v) is 15.4. The van der Waals surface area contributed by atoms with Crippen molar-refractivity contribution in [3.63, 3.8) is 0 Å². The van der Waals surface area contributed by atoms with Gasteiger partial charge in [0.25, 0.3) is 5.91 Å². The molecule has 1 aliphatic rings. The van der Waals surface area contributed by atoms with Gasteiger partial charge in [0.05, 0.1) is 11.5 Å². The molecule has 1 aliphatic heterocycles. The van der Waals surface area contributed by atoms with Crippen molar-refractivity contribution in [3.05, 3.63) is 52.5 Å². The number of aromatic amines is 1. The third-order valence-electron chi connectivity index (χ3n) is 4.26. The van der Waals surface area contributed by atoms with Crippen LogP contribution in [0.3, 0.4) is 0 Å². The number of ether oxygens (including phenoxy) is 2. The van der Waals surface area contributed by atoms with E-state index in [4.69, 9.17) is 20.9 Å². The highest BCUT2D eigenvalue weighted by molar-refractivity contribution is 5.75. The maximum atomic E-state index is 11.0. The smallest absolute Gasteiger partial charge is 0.255 e. The highest BCUT2D eigenvalue weighted by Gasteiger charge is 2.38. The van der Waals surface area contributed by atoms with Crippen molar-refractivity contribution < 1.29 is 14.3 Å². The first kappa shape index (κ1) is 18.3. The number of allylic oxidation sites excluding steroid dienone is 1. The largest absolute Gasteiger partial charge is 0.484 e. The van der Waals surface area contributed by atoms with Gasteiger partial charge < -0.3 is 20.9 Å². The van der Waals surface area contributed by atoms with E-state index in [9.17, 15) is 10.1 Å². The highest BCUT2D eigenvalue weighted by Crippen LogP contribution is 2.45. The first-order valence-electron chi connectivity index (χ1n) is 8.39. The van der Waals surface area contributed by atoms with Crippen LogP contribution in [-0.2, 0) is 10.2 Å². The van der Waals surface area contributed by atoms with Crippen LogP contribution in [0.5, 0.6) is 11.6 Å². The average Bonchev–Trinajstić information content (AvgIpc) is 3.02. The zero-order chi connectivity index (χ0) is 19.8. The second-order valence-electron chi connectivity index (χ2n) is 7.32. The van der Waals surface area contributed by atoms with Crippen LogP contribution in [0.25, 0.3) is 0 Å². The number of nitrogens with two attached hydrogens (primary N) is 2. The van der Waals surface area contributed by atoms with Gasteiger partial charge in [-0.2, -0.15) is 5.26 Å². The maximum Gasteiger partial charge on any atom is 0.255 e. The molecule has 5 N–H and O–H groups in total. The minimum Gasteiger partial charge on any atom is -0.484 e. The molecule has 0 fully saturated rings. The Balaban J connectivity index is 2.14. The number of hydrogen-bond acceptors (Lipinski definition) is 6. The molecule has 1 unspecified atom stereocenters. The van der Waals surface area contributed by atoms with Crippen molar-refractivity contribution >= 4 is 5.91 Å². The van der Waals surface area contributed by atoms with Crippen molar-refractivity contribution in [1.29, 1.82) is 5.26 Å². The summed E-state index contributed by atoms with van der Waals surface area (Å²) in [5.74, 6) is -0.198. The number of carbonyl (C=O) groups is 1. The lowest BCUT2D eigenvalue weighted by molar-refractivity contribution is -0.119. The molecule has 8 nitrogen and oxygen atoms in total. The normalized spacial score (nSPS) is 16.3. The number of rotatable bonds is 4. The van der Waals surface area contributed by atoms with E-state index in [1.54, 1.807) is 18.2 Å². The molecule has 1 atom stereocenters. The molecule has 140 valence electrons. The third-order valence-corrected chi connectivity index (χ3v) is 4.26. The van der Waals surface area contributed by atoms with Gasteiger partial charge in [-0.05, 0) is 17.7 Å². The van der Waals surface area contributed by atoms with E-state index in [-0.39, 0.29) is 17.9 Å². The van der Waals surface area contributed by atoms with Crippen LogP contribution in [-0.4, -0.2) is 22.7 Å². The lowest BCUT2D eigenvalue weighted by Crippen LogP contribution is -2.24. The molecule has 8 heteroatoms. The number of aromatic nitrogens is 2.